The van der Waals surface area contributed by atoms with Crippen LogP contribution in [0, 0.1) is 0 Å². The van der Waals surface area contributed by atoms with E-state index in [9.17, 15) is 5.11 Å². The molecule has 0 saturated carbocycles. The summed E-state index contributed by atoms with van der Waals surface area (Å²) in [4.78, 5) is 2.44. The van der Waals surface area contributed by atoms with Crippen LogP contribution in [0.3, 0.4) is 0 Å². The Balaban J connectivity index is 0.000000605. The second kappa shape index (κ2) is 3.49. The van der Waals surface area contributed by atoms with Gasteiger partial charge in [-0.15, -0.1) is 0 Å². The SMILES string of the molecule is CN1[C@@H]2CC[C@H]1CC(O)C2.[H-].[Li+]. The molecule has 0 spiro atoms. The Labute approximate surface area is 81.6 Å². The summed E-state index contributed by atoms with van der Waals surface area (Å²) >= 11 is 0. The summed E-state index contributed by atoms with van der Waals surface area (Å²) in [5, 5.41) is 9.38. The average molecular weight is 149 g/mol. The number of fused-ring (bicyclic) bond motifs is 2. The minimum Gasteiger partial charge on any atom is -1.00 e. The van der Waals surface area contributed by atoms with Crippen LogP contribution >= 0.6 is 0 Å². The van der Waals surface area contributed by atoms with E-state index < -0.39 is 0 Å². The smallest absolute Gasteiger partial charge is 1.00 e. The molecule has 1 N–H and O–H groups in total. The first kappa shape index (κ1) is 9.60. The van der Waals surface area contributed by atoms with Gasteiger partial charge in [0.05, 0.1) is 6.10 Å². The van der Waals surface area contributed by atoms with Crippen molar-refractivity contribution >= 4 is 0 Å². The summed E-state index contributed by atoms with van der Waals surface area (Å²) in [6, 6.07) is 1.38. The maximum atomic E-state index is 9.38. The summed E-state index contributed by atoms with van der Waals surface area (Å²) < 4.78 is 0. The van der Waals surface area contributed by atoms with Gasteiger partial charge in [0.2, 0.25) is 0 Å². The topological polar surface area (TPSA) is 23.5 Å². The van der Waals surface area contributed by atoms with Crippen molar-refractivity contribution in [1.82, 2.24) is 4.90 Å². The molecule has 2 aliphatic rings. The van der Waals surface area contributed by atoms with Crippen molar-refractivity contribution in [2.45, 2.75) is 43.9 Å². The van der Waals surface area contributed by atoms with E-state index in [0.717, 1.165) is 12.8 Å². The zero-order valence-electron chi connectivity index (χ0n) is 8.45. The molecule has 0 aliphatic carbocycles. The van der Waals surface area contributed by atoms with Crippen molar-refractivity contribution in [3.63, 3.8) is 0 Å². The second-order valence-corrected chi connectivity index (χ2v) is 3.68. The third kappa shape index (κ3) is 1.65. The Hall–Kier alpha value is 0.517. The number of hydrogen-bond acceptors (Lipinski definition) is 2. The third-order valence-corrected chi connectivity index (χ3v) is 3.07. The van der Waals surface area contributed by atoms with Crippen molar-refractivity contribution in [3.05, 3.63) is 0 Å². The molecule has 0 aromatic rings. The molecule has 2 rings (SSSR count). The molecule has 2 bridgehead atoms. The fraction of sp³-hybridized carbons (Fsp3) is 1.00. The van der Waals surface area contributed by atoms with Crippen LogP contribution < -0.4 is 18.9 Å². The van der Waals surface area contributed by atoms with E-state index in [4.69, 9.17) is 0 Å². The van der Waals surface area contributed by atoms with Crippen molar-refractivity contribution in [2.24, 2.45) is 0 Å². The summed E-state index contributed by atoms with van der Waals surface area (Å²) in [5.41, 5.74) is 0. The second-order valence-electron chi connectivity index (χ2n) is 3.68. The van der Waals surface area contributed by atoms with Crippen molar-refractivity contribution in [2.75, 3.05) is 7.05 Å². The first-order valence-electron chi connectivity index (χ1n) is 4.17. The first-order chi connectivity index (χ1) is 4.77. The maximum absolute atomic E-state index is 9.38. The molecule has 1 unspecified atom stereocenters. The molecule has 3 atom stereocenters. The maximum Gasteiger partial charge on any atom is 1.00 e. The van der Waals surface area contributed by atoms with Gasteiger partial charge in [-0.2, -0.15) is 0 Å². The minimum absolute atomic E-state index is 0. The normalized spacial score (nSPS) is 43.6. The number of rotatable bonds is 0. The van der Waals surface area contributed by atoms with Crippen LogP contribution in [-0.4, -0.2) is 35.2 Å². The third-order valence-electron chi connectivity index (χ3n) is 3.07. The predicted octanol–water partition coefficient (Wildman–Crippen LogP) is -2.28. The monoisotopic (exact) mass is 149 g/mol. The molecular formula is C8H16LiNO. The van der Waals surface area contributed by atoms with Gasteiger partial charge in [-0.05, 0) is 32.7 Å². The molecule has 0 radical (unpaired) electrons. The fourth-order valence-electron chi connectivity index (χ4n) is 2.38. The Bertz CT molecular complexity index is 133. The number of hydrogen-bond donors (Lipinski definition) is 1. The number of aliphatic hydroxyl groups excluding tert-OH is 1. The Morgan fingerprint density at radius 1 is 1.27 bits per heavy atom. The van der Waals surface area contributed by atoms with Crippen LogP contribution in [0.5, 0.6) is 0 Å². The quantitative estimate of drug-likeness (QED) is 0.392. The van der Waals surface area contributed by atoms with Gasteiger partial charge in [0.1, 0.15) is 0 Å². The van der Waals surface area contributed by atoms with Gasteiger partial charge in [0.25, 0.3) is 0 Å². The van der Waals surface area contributed by atoms with Crippen LogP contribution in [0.4, 0.5) is 0 Å². The summed E-state index contributed by atoms with van der Waals surface area (Å²) in [6.07, 6.45) is 4.62. The summed E-state index contributed by atoms with van der Waals surface area (Å²) in [5.74, 6) is 0. The van der Waals surface area contributed by atoms with E-state index in [1.807, 2.05) is 0 Å². The van der Waals surface area contributed by atoms with Crippen LogP contribution in [0.1, 0.15) is 27.1 Å². The molecule has 11 heavy (non-hydrogen) atoms. The number of piperidine rings is 1. The molecule has 2 fully saturated rings. The molecule has 2 heterocycles. The van der Waals surface area contributed by atoms with Crippen molar-refractivity contribution < 1.29 is 25.4 Å². The molecule has 2 aliphatic heterocycles. The standard InChI is InChI=1S/C8H15NO.Li.H/c1-9-6-2-3-7(9)5-8(10)4-6;;/h6-8,10H,2-5H2,1H3;;/q;+1;-1/t6-,7+,8?;;. The largest absolute Gasteiger partial charge is 1.00 e. The van der Waals surface area contributed by atoms with E-state index in [1.165, 1.54) is 12.8 Å². The molecule has 3 heteroatoms. The average Bonchev–Trinajstić information content (AvgIpc) is 2.20. The summed E-state index contributed by atoms with van der Waals surface area (Å²) in [7, 11) is 2.19. The molecule has 2 nitrogen and oxygen atoms in total. The van der Waals surface area contributed by atoms with Gasteiger partial charge in [0, 0.05) is 12.1 Å². The first-order valence-corrected chi connectivity index (χ1v) is 4.17. The van der Waals surface area contributed by atoms with E-state index in [2.05, 4.69) is 11.9 Å². The van der Waals surface area contributed by atoms with Crippen LogP contribution in [0.2, 0.25) is 0 Å². The van der Waals surface area contributed by atoms with Gasteiger partial charge in [0.15, 0.2) is 0 Å². The molecule has 60 valence electrons. The van der Waals surface area contributed by atoms with Gasteiger partial charge < -0.3 is 11.4 Å². The van der Waals surface area contributed by atoms with Crippen molar-refractivity contribution in [1.29, 1.82) is 0 Å². The van der Waals surface area contributed by atoms with Gasteiger partial charge in [-0.3, -0.25) is 0 Å². The van der Waals surface area contributed by atoms with Gasteiger partial charge >= 0.3 is 18.9 Å². The van der Waals surface area contributed by atoms with E-state index in [-0.39, 0.29) is 26.4 Å². The van der Waals surface area contributed by atoms with Crippen LogP contribution in [0.15, 0.2) is 0 Å². The number of aliphatic hydroxyl groups is 1. The van der Waals surface area contributed by atoms with Crippen molar-refractivity contribution in [3.8, 4) is 0 Å². The van der Waals surface area contributed by atoms with Crippen LogP contribution in [0.25, 0.3) is 0 Å². The Morgan fingerprint density at radius 2 is 1.73 bits per heavy atom. The Morgan fingerprint density at radius 3 is 2.18 bits per heavy atom. The fourth-order valence-corrected chi connectivity index (χ4v) is 2.38. The Kier molecular flexibility index (Phi) is 3.05. The minimum atomic E-state index is -0.00583. The molecular weight excluding hydrogens is 133 g/mol. The van der Waals surface area contributed by atoms with Crippen LogP contribution in [-0.2, 0) is 0 Å². The van der Waals surface area contributed by atoms with Gasteiger partial charge in [-0.1, -0.05) is 0 Å². The molecule has 2 saturated heterocycles. The zero-order valence-corrected chi connectivity index (χ0v) is 7.45. The zero-order chi connectivity index (χ0) is 7.14. The van der Waals surface area contributed by atoms with E-state index in [0.29, 0.717) is 12.1 Å². The number of nitrogens with zero attached hydrogens (tertiary/aromatic N) is 1. The molecule has 0 aromatic heterocycles. The van der Waals surface area contributed by atoms with E-state index >= 15 is 0 Å². The molecule has 0 amide bonds. The van der Waals surface area contributed by atoms with E-state index in [1.54, 1.807) is 0 Å². The summed E-state index contributed by atoms with van der Waals surface area (Å²) in [6.45, 7) is 0. The van der Waals surface area contributed by atoms with Gasteiger partial charge in [-0.25, -0.2) is 0 Å². The predicted molar refractivity (Wildman–Crippen MR) is 40.9 cm³/mol. The molecule has 0 aromatic carbocycles.